The third kappa shape index (κ3) is 4.21. The van der Waals surface area contributed by atoms with Crippen LogP contribution >= 0.6 is 11.6 Å². The largest absolute Gasteiger partial charge is 0.310 e. The molecule has 0 unspecified atom stereocenters. The molecular weight excluding hydrogens is 450 g/mol. The molecular formula is C25H20ClN7O. The molecule has 2 aromatic carbocycles. The zero-order valence-corrected chi connectivity index (χ0v) is 18.8. The minimum Gasteiger partial charge on any atom is -0.310 e. The van der Waals surface area contributed by atoms with Crippen LogP contribution in [0, 0.1) is 11.3 Å². The van der Waals surface area contributed by atoms with Crippen molar-refractivity contribution in [1.29, 1.82) is 5.26 Å². The molecule has 5 rings (SSSR count). The molecule has 0 radical (unpaired) electrons. The highest BCUT2D eigenvalue weighted by molar-refractivity contribution is 6.31. The van der Waals surface area contributed by atoms with E-state index in [1.807, 2.05) is 24.3 Å². The van der Waals surface area contributed by atoms with E-state index >= 15 is 0 Å². The van der Waals surface area contributed by atoms with E-state index in [0.29, 0.717) is 46.7 Å². The highest BCUT2D eigenvalue weighted by atomic mass is 35.5. The number of nitrogens with one attached hydrogen (secondary N) is 1. The Bertz CT molecular complexity index is 1460. The summed E-state index contributed by atoms with van der Waals surface area (Å²) >= 11 is 6.24. The first-order chi connectivity index (χ1) is 17.1. The van der Waals surface area contributed by atoms with Crippen LogP contribution < -0.4 is 10.2 Å². The molecule has 0 atom stereocenters. The van der Waals surface area contributed by atoms with Crippen molar-refractivity contribution in [3.63, 3.8) is 0 Å². The number of nitrogens with zero attached hydrogens (tertiary/aromatic N) is 6. The van der Waals surface area contributed by atoms with Crippen molar-refractivity contribution < 1.29 is 6.17 Å². The Labute approximate surface area is 202 Å². The van der Waals surface area contributed by atoms with Gasteiger partial charge in [-0.25, -0.2) is 9.97 Å². The molecule has 0 saturated carbocycles. The van der Waals surface area contributed by atoms with Crippen LogP contribution in [0.5, 0.6) is 0 Å². The second kappa shape index (κ2) is 8.96. The fourth-order valence-electron chi connectivity index (χ4n) is 4.05. The summed E-state index contributed by atoms with van der Waals surface area (Å²) in [4.78, 5) is 23.6. The van der Waals surface area contributed by atoms with Crippen molar-refractivity contribution >= 4 is 35.0 Å². The molecule has 1 N–H and O–H groups in total. The summed E-state index contributed by atoms with van der Waals surface area (Å²) in [6.45, 7) is 0.506. The maximum atomic E-state index is 13.1. The zero-order valence-electron chi connectivity index (χ0n) is 19.1. The number of anilines is 3. The van der Waals surface area contributed by atoms with E-state index in [4.69, 9.17) is 13.0 Å². The normalized spacial score (nSPS) is 12.7. The lowest BCUT2D eigenvalue weighted by Crippen LogP contribution is -2.31. The maximum Gasteiger partial charge on any atom is 0.231 e. The fraction of sp³-hybridized carbons (Fsp3) is 0.160. The van der Waals surface area contributed by atoms with E-state index in [2.05, 4.69) is 26.5 Å². The number of carbonyl (C=O) groups is 1. The average molecular weight is 471 g/mol. The number of amides is 1. The number of aryl methyl sites for hydroxylation is 1. The molecule has 8 nitrogen and oxygen atoms in total. The van der Waals surface area contributed by atoms with Gasteiger partial charge in [-0.3, -0.25) is 9.48 Å². The van der Waals surface area contributed by atoms with Crippen LogP contribution in [0.1, 0.15) is 18.1 Å². The molecule has 0 fully saturated rings. The van der Waals surface area contributed by atoms with Crippen molar-refractivity contribution in [2.75, 3.05) is 16.8 Å². The van der Waals surface area contributed by atoms with Gasteiger partial charge in [-0.1, -0.05) is 29.8 Å². The van der Waals surface area contributed by atoms with Gasteiger partial charge >= 0.3 is 0 Å². The Morgan fingerprint density at radius 3 is 2.97 bits per heavy atom. The zero-order chi connectivity index (χ0) is 24.4. The van der Waals surface area contributed by atoms with Gasteiger partial charge in [0, 0.05) is 44.0 Å². The highest BCUT2D eigenvalue weighted by Gasteiger charge is 2.29. The first kappa shape index (κ1) is 20.4. The summed E-state index contributed by atoms with van der Waals surface area (Å²) in [6.07, 6.45) is 4.14. The Morgan fingerprint density at radius 1 is 1.29 bits per heavy atom. The van der Waals surface area contributed by atoms with Crippen molar-refractivity contribution in [1.82, 2.24) is 19.7 Å². The van der Waals surface area contributed by atoms with Crippen LogP contribution in [0.3, 0.4) is 0 Å². The van der Waals surface area contributed by atoms with Gasteiger partial charge in [-0.05, 0) is 41.8 Å². The number of fused-ring (bicyclic) bond motifs is 1. The average Bonchev–Trinajstić information content (AvgIpc) is 3.52. The molecule has 168 valence electrons. The number of benzene rings is 2. The van der Waals surface area contributed by atoms with Crippen molar-refractivity contribution in [2.24, 2.45) is 7.02 Å². The SMILES string of the molecule is [2H]Cn1ccc(Nc2nccc(-c3cc(C#N)c4c(c3)CCN4C(=O)Cc3ccccc3Cl)n2)n1. The number of halogens is 1. The third-order valence-electron chi connectivity index (χ3n) is 5.62. The van der Waals surface area contributed by atoms with Gasteiger partial charge in [0.15, 0.2) is 5.82 Å². The molecule has 2 aromatic heterocycles. The summed E-state index contributed by atoms with van der Waals surface area (Å²) in [5.74, 6) is 0.795. The van der Waals surface area contributed by atoms with Gasteiger partial charge in [-0.15, -0.1) is 0 Å². The first-order valence-electron chi connectivity index (χ1n) is 11.3. The molecule has 0 saturated heterocycles. The van der Waals surface area contributed by atoms with Crippen molar-refractivity contribution in [3.8, 4) is 17.3 Å². The van der Waals surface area contributed by atoms with Crippen LogP contribution in [0.4, 0.5) is 17.5 Å². The van der Waals surface area contributed by atoms with Crippen molar-refractivity contribution in [2.45, 2.75) is 12.8 Å². The summed E-state index contributed by atoms with van der Waals surface area (Å²) in [5, 5.41) is 17.7. The minimum absolute atomic E-state index is 0.0204. The monoisotopic (exact) mass is 470 g/mol. The second-order valence-electron chi connectivity index (χ2n) is 7.84. The lowest BCUT2D eigenvalue weighted by Gasteiger charge is -2.19. The molecule has 9 heteroatoms. The van der Waals surface area contributed by atoms with E-state index in [9.17, 15) is 10.1 Å². The molecule has 1 amide bonds. The van der Waals surface area contributed by atoms with E-state index in [0.717, 1.165) is 16.7 Å². The summed E-state index contributed by atoms with van der Waals surface area (Å²) in [7, 11) is 0.0204. The molecule has 0 spiro atoms. The highest BCUT2D eigenvalue weighted by Crippen LogP contribution is 2.36. The van der Waals surface area contributed by atoms with Gasteiger partial charge in [0.25, 0.3) is 0 Å². The lowest BCUT2D eigenvalue weighted by molar-refractivity contribution is -0.117. The van der Waals surface area contributed by atoms with Crippen molar-refractivity contribution in [3.05, 3.63) is 82.6 Å². The van der Waals surface area contributed by atoms with E-state index in [-0.39, 0.29) is 19.4 Å². The number of hydrogen-bond donors (Lipinski definition) is 1. The van der Waals surface area contributed by atoms with Crippen LogP contribution in [-0.2, 0) is 24.7 Å². The summed E-state index contributed by atoms with van der Waals surface area (Å²) in [6, 6.07) is 16.8. The van der Waals surface area contributed by atoms with Gasteiger partial charge < -0.3 is 10.2 Å². The summed E-state index contributed by atoms with van der Waals surface area (Å²) < 4.78 is 8.85. The number of hydrogen-bond acceptors (Lipinski definition) is 6. The Hall–Kier alpha value is -4.22. The topological polar surface area (TPSA) is 99.7 Å². The third-order valence-corrected chi connectivity index (χ3v) is 5.99. The van der Waals surface area contributed by atoms with Crippen LogP contribution in [0.25, 0.3) is 11.3 Å². The van der Waals surface area contributed by atoms with E-state index in [1.54, 1.807) is 41.6 Å². The maximum absolute atomic E-state index is 13.1. The molecule has 0 bridgehead atoms. The predicted molar refractivity (Wildman–Crippen MR) is 130 cm³/mol. The van der Waals surface area contributed by atoms with Gasteiger partial charge in [-0.2, -0.15) is 10.4 Å². The van der Waals surface area contributed by atoms with Gasteiger partial charge in [0.1, 0.15) is 6.07 Å². The minimum atomic E-state index is -0.0956. The van der Waals surface area contributed by atoms with Crippen LogP contribution in [-0.4, -0.2) is 32.2 Å². The van der Waals surface area contributed by atoms with E-state index in [1.165, 1.54) is 4.68 Å². The predicted octanol–water partition coefficient (Wildman–Crippen LogP) is 4.28. The molecule has 1 aliphatic heterocycles. The van der Waals surface area contributed by atoms with Gasteiger partial charge in [0.05, 0.1) is 23.4 Å². The molecule has 1 aliphatic rings. The number of nitriles is 1. The van der Waals surface area contributed by atoms with Crippen LogP contribution in [0.15, 0.2) is 60.9 Å². The number of rotatable bonds is 5. The lowest BCUT2D eigenvalue weighted by atomic mass is 10.0. The summed E-state index contributed by atoms with van der Waals surface area (Å²) in [5.41, 5.74) is 4.17. The first-order valence-corrected chi connectivity index (χ1v) is 11.0. The molecule has 4 aromatic rings. The molecule has 3 heterocycles. The quantitative estimate of drug-likeness (QED) is 0.467. The smallest absolute Gasteiger partial charge is 0.231 e. The number of carbonyl (C=O) groups excluding carboxylic acids is 1. The molecule has 34 heavy (non-hydrogen) atoms. The molecule has 0 aliphatic carbocycles. The Morgan fingerprint density at radius 2 is 2.18 bits per heavy atom. The standard InChI is InChI=1S/C25H20ClN7O/c1-32-10-8-22(31-32)30-25-28-9-6-21(29-25)18-12-17-7-11-33(24(17)19(13-18)15-27)23(34)14-16-4-2-3-5-20(16)26/h2-6,8-10,12-13H,7,11,14H2,1H3,(H,28,29,30,31)/i1D. The van der Waals surface area contributed by atoms with Gasteiger partial charge in [0.2, 0.25) is 11.9 Å². The Kier molecular flexibility index (Phi) is 5.38. The van der Waals surface area contributed by atoms with Crippen LogP contribution in [0.2, 0.25) is 5.02 Å². The van der Waals surface area contributed by atoms with E-state index < -0.39 is 0 Å². The second-order valence-corrected chi connectivity index (χ2v) is 8.25. The Balaban J connectivity index is 1.42. The number of aromatic nitrogens is 4. The fourth-order valence-corrected chi connectivity index (χ4v) is 4.26.